The van der Waals surface area contributed by atoms with E-state index in [2.05, 4.69) is 15.6 Å². The quantitative estimate of drug-likeness (QED) is 0.185. The topological polar surface area (TPSA) is 169 Å². The van der Waals surface area contributed by atoms with E-state index in [1.54, 1.807) is 20.8 Å². The number of nitrogens with zero attached hydrogens (tertiary/aromatic N) is 1. The summed E-state index contributed by atoms with van der Waals surface area (Å²) in [6.07, 6.45) is 2.01. The van der Waals surface area contributed by atoms with Crippen LogP contribution >= 0.6 is 11.8 Å². The maximum absolute atomic E-state index is 12.5. The van der Waals surface area contributed by atoms with Crippen molar-refractivity contribution in [1.29, 1.82) is 0 Å². The molecule has 0 aliphatic carbocycles. The van der Waals surface area contributed by atoms with Crippen LogP contribution < -0.4 is 22.1 Å². The molecule has 0 fully saturated rings. The Labute approximate surface area is 163 Å². The van der Waals surface area contributed by atoms with Crippen molar-refractivity contribution in [2.24, 2.45) is 16.5 Å². The Balaban J connectivity index is 4.87. The molecule has 10 nitrogen and oxygen atoms in total. The number of guanidine groups is 1. The molecule has 0 aliphatic heterocycles. The summed E-state index contributed by atoms with van der Waals surface area (Å²) in [5, 5.41) is 14.3. The standard InChI is InChI=1S/C16H31N5O5S/c1-16(2,3)26-15(25)21-10(7-9-27-4)12(22)20-11(13(23)24)6-5-8-19-14(17)18/h10-11H,5-9H2,1-4H3,(H,20,22)(H,21,25)(H,23,24)(H4,17,18,19). The van der Waals surface area contributed by atoms with Crippen molar-refractivity contribution >= 4 is 35.7 Å². The van der Waals surface area contributed by atoms with Crippen molar-refractivity contribution < 1.29 is 24.2 Å². The van der Waals surface area contributed by atoms with Gasteiger partial charge in [-0.1, -0.05) is 0 Å². The Hall–Kier alpha value is -2.17. The minimum atomic E-state index is -1.17. The zero-order valence-electron chi connectivity index (χ0n) is 16.3. The van der Waals surface area contributed by atoms with E-state index in [0.717, 1.165) is 0 Å². The third kappa shape index (κ3) is 12.8. The molecule has 0 saturated carbocycles. The van der Waals surface area contributed by atoms with E-state index in [1.165, 1.54) is 11.8 Å². The Kier molecular flexibility index (Phi) is 11.3. The van der Waals surface area contributed by atoms with Gasteiger partial charge in [0.15, 0.2) is 5.96 Å². The lowest BCUT2D eigenvalue weighted by atomic mass is 10.1. The molecule has 2 amide bonds. The highest BCUT2D eigenvalue weighted by atomic mass is 32.2. The number of aliphatic imine (C=N–C) groups is 1. The number of carbonyl (C=O) groups is 3. The highest BCUT2D eigenvalue weighted by Gasteiger charge is 2.27. The molecule has 0 radical (unpaired) electrons. The largest absolute Gasteiger partial charge is 0.480 e. The van der Waals surface area contributed by atoms with E-state index >= 15 is 0 Å². The Morgan fingerprint density at radius 1 is 1.15 bits per heavy atom. The second-order valence-corrected chi connectivity index (χ2v) is 7.81. The van der Waals surface area contributed by atoms with Crippen LogP contribution in [0.2, 0.25) is 0 Å². The SMILES string of the molecule is CSCCC(NC(=O)OC(C)(C)C)C(=O)NC(CCCN=C(N)N)C(=O)O. The summed E-state index contributed by atoms with van der Waals surface area (Å²) in [6.45, 7) is 5.38. The summed E-state index contributed by atoms with van der Waals surface area (Å²) in [5.41, 5.74) is 9.72. The lowest BCUT2D eigenvalue weighted by molar-refractivity contribution is -0.142. The number of carboxylic acids is 1. The highest BCUT2D eigenvalue weighted by Crippen LogP contribution is 2.09. The fraction of sp³-hybridized carbons (Fsp3) is 0.750. The number of amides is 2. The molecule has 27 heavy (non-hydrogen) atoms. The Bertz CT molecular complexity index is 532. The predicted molar refractivity (Wildman–Crippen MR) is 106 cm³/mol. The van der Waals surface area contributed by atoms with Crippen LogP contribution in [0.5, 0.6) is 0 Å². The van der Waals surface area contributed by atoms with Gasteiger partial charge in [0.1, 0.15) is 17.7 Å². The number of hydrogen-bond acceptors (Lipinski definition) is 6. The van der Waals surface area contributed by atoms with Gasteiger partial charge in [0.2, 0.25) is 5.91 Å². The molecule has 0 aliphatic rings. The summed E-state index contributed by atoms with van der Waals surface area (Å²) in [4.78, 5) is 39.6. The van der Waals surface area contributed by atoms with Crippen LogP contribution in [0.4, 0.5) is 4.79 Å². The lowest BCUT2D eigenvalue weighted by Gasteiger charge is -2.24. The average Bonchev–Trinajstić information content (AvgIpc) is 2.51. The number of hydrogen-bond donors (Lipinski definition) is 5. The predicted octanol–water partition coefficient (Wildman–Crippen LogP) is 0.256. The molecular weight excluding hydrogens is 374 g/mol. The zero-order valence-corrected chi connectivity index (χ0v) is 17.1. The van der Waals surface area contributed by atoms with E-state index in [9.17, 15) is 19.5 Å². The molecule has 2 unspecified atom stereocenters. The molecule has 0 heterocycles. The van der Waals surface area contributed by atoms with Gasteiger partial charge in [0.25, 0.3) is 0 Å². The number of rotatable bonds is 11. The lowest BCUT2D eigenvalue weighted by Crippen LogP contribution is -2.52. The first-order valence-electron chi connectivity index (χ1n) is 8.53. The minimum absolute atomic E-state index is 0.0791. The van der Waals surface area contributed by atoms with E-state index < -0.39 is 35.7 Å². The molecule has 7 N–H and O–H groups in total. The number of carboxylic acid groups (broad SMARTS) is 1. The first-order valence-corrected chi connectivity index (χ1v) is 9.92. The van der Waals surface area contributed by atoms with Gasteiger partial charge in [-0.05, 0) is 52.0 Å². The van der Waals surface area contributed by atoms with Crippen LogP contribution in [0, 0.1) is 0 Å². The second kappa shape index (κ2) is 12.3. The smallest absolute Gasteiger partial charge is 0.408 e. The van der Waals surface area contributed by atoms with E-state index in [4.69, 9.17) is 16.2 Å². The molecule has 0 bridgehead atoms. The Morgan fingerprint density at radius 3 is 2.26 bits per heavy atom. The third-order valence-corrected chi connectivity index (χ3v) is 3.82. The number of ether oxygens (including phenoxy) is 1. The minimum Gasteiger partial charge on any atom is -0.480 e. The summed E-state index contributed by atoms with van der Waals surface area (Å²) >= 11 is 1.51. The molecular formula is C16H31N5O5S. The Morgan fingerprint density at radius 2 is 1.78 bits per heavy atom. The van der Waals surface area contributed by atoms with Crippen molar-refractivity contribution in [3.05, 3.63) is 0 Å². The number of carbonyl (C=O) groups excluding carboxylic acids is 2. The van der Waals surface area contributed by atoms with Gasteiger partial charge >= 0.3 is 12.1 Å². The van der Waals surface area contributed by atoms with Crippen LogP contribution in [-0.4, -0.2) is 65.3 Å². The molecule has 0 rings (SSSR count). The summed E-state index contributed by atoms with van der Waals surface area (Å²) < 4.78 is 5.16. The van der Waals surface area contributed by atoms with Crippen LogP contribution in [-0.2, 0) is 14.3 Å². The van der Waals surface area contributed by atoms with Crippen molar-refractivity contribution in [3.8, 4) is 0 Å². The fourth-order valence-corrected chi connectivity index (χ4v) is 2.46. The highest BCUT2D eigenvalue weighted by molar-refractivity contribution is 7.98. The number of alkyl carbamates (subject to hydrolysis) is 1. The van der Waals surface area contributed by atoms with Crippen LogP contribution in [0.1, 0.15) is 40.0 Å². The van der Waals surface area contributed by atoms with E-state index in [0.29, 0.717) is 18.6 Å². The van der Waals surface area contributed by atoms with Gasteiger partial charge in [0.05, 0.1) is 0 Å². The summed E-state index contributed by atoms with van der Waals surface area (Å²) in [5.74, 6) is -1.22. The van der Waals surface area contributed by atoms with Crippen molar-refractivity contribution in [3.63, 3.8) is 0 Å². The molecule has 11 heteroatoms. The number of nitrogens with two attached hydrogens (primary N) is 2. The van der Waals surface area contributed by atoms with Crippen LogP contribution in [0.25, 0.3) is 0 Å². The molecule has 156 valence electrons. The molecule has 0 aromatic heterocycles. The summed E-state index contributed by atoms with van der Waals surface area (Å²) in [6, 6.07) is -2.00. The van der Waals surface area contributed by atoms with Crippen LogP contribution in [0.15, 0.2) is 4.99 Å². The number of nitrogens with one attached hydrogen (secondary N) is 2. The molecule has 0 saturated heterocycles. The van der Waals surface area contributed by atoms with Gasteiger partial charge in [-0.15, -0.1) is 0 Å². The van der Waals surface area contributed by atoms with Gasteiger partial charge < -0.3 is 31.9 Å². The molecule has 0 aromatic rings. The number of thioether (sulfide) groups is 1. The third-order valence-electron chi connectivity index (χ3n) is 3.18. The second-order valence-electron chi connectivity index (χ2n) is 6.83. The normalized spacial score (nSPS) is 13.2. The van der Waals surface area contributed by atoms with Crippen molar-refractivity contribution in [1.82, 2.24) is 10.6 Å². The van der Waals surface area contributed by atoms with Gasteiger partial charge in [-0.25, -0.2) is 9.59 Å². The fourth-order valence-electron chi connectivity index (χ4n) is 1.99. The number of aliphatic carboxylic acids is 1. The molecule has 2 atom stereocenters. The first-order chi connectivity index (χ1) is 12.5. The molecule has 0 aromatic carbocycles. The maximum atomic E-state index is 12.5. The van der Waals surface area contributed by atoms with E-state index in [1.807, 2.05) is 6.26 Å². The van der Waals surface area contributed by atoms with Gasteiger partial charge in [0, 0.05) is 6.54 Å². The average molecular weight is 406 g/mol. The maximum Gasteiger partial charge on any atom is 0.408 e. The van der Waals surface area contributed by atoms with E-state index in [-0.39, 0.29) is 18.9 Å². The van der Waals surface area contributed by atoms with Crippen molar-refractivity contribution in [2.45, 2.75) is 57.7 Å². The monoisotopic (exact) mass is 405 g/mol. The van der Waals surface area contributed by atoms with Gasteiger partial charge in [-0.2, -0.15) is 11.8 Å². The zero-order chi connectivity index (χ0) is 21.0. The first kappa shape index (κ1) is 24.8. The van der Waals surface area contributed by atoms with Crippen LogP contribution in [0.3, 0.4) is 0 Å². The van der Waals surface area contributed by atoms with Gasteiger partial charge in [-0.3, -0.25) is 9.79 Å². The van der Waals surface area contributed by atoms with Crippen molar-refractivity contribution in [2.75, 3.05) is 18.6 Å². The molecule has 0 spiro atoms. The summed E-state index contributed by atoms with van der Waals surface area (Å²) in [7, 11) is 0.